The second-order valence-corrected chi connectivity index (χ2v) is 7.27. The first-order valence-corrected chi connectivity index (χ1v) is 9.57. The fourth-order valence-corrected chi connectivity index (χ4v) is 3.89. The lowest BCUT2D eigenvalue weighted by atomic mass is 10.1. The van der Waals surface area contributed by atoms with Gasteiger partial charge in [0, 0.05) is 32.2 Å². The van der Waals surface area contributed by atoms with Crippen molar-refractivity contribution < 1.29 is 9.53 Å². The van der Waals surface area contributed by atoms with Gasteiger partial charge in [-0.15, -0.1) is 0 Å². The smallest absolute Gasteiger partial charge is 0.234 e. The van der Waals surface area contributed by atoms with E-state index in [2.05, 4.69) is 40.2 Å². The maximum absolute atomic E-state index is 12.3. The number of hydrogen-bond donors (Lipinski definition) is 1. The first-order chi connectivity index (χ1) is 12.2. The maximum Gasteiger partial charge on any atom is 0.234 e. The molecule has 3 rings (SSSR count). The maximum atomic E-state index is 12.3. The molecular formula is C20H31N3O2. The van der Waals surface area contributed by atoms with Gasteiger partial charge in [-0.3, -0.25) is 14.6 Å². The zero-order valence-electron chi connectivity index (χ0n) is 15.4. The second-order valence-electron chi connectivity index (χ2n) is 7.27. The molecule has 2 heterocycles. The summed E-state index contributed by atoms with van der Waals surface area (Å²) in [4.78, 5) is 17.2. The number of ether oxygens (including phenoxy) is 1. The van der Waals surface area contributed by atoms with Crippen LogP contribution in [0.2, 0.25) is 0 Å². The van der Waals surface area contributed by atoms with Gasteiger partial charge in [0.2, 0.25) is 5.91 Å². The summed E-state index contributed by atoms with van der Waals surface area (Å²) in [5.74, 6) is 0.131. The van der Waals surface area contributed by atoms with Crippen molar-refractivity contribution in [3.05, 3.63) is 35.4 Å². The van der Waals surface area contributed by atoms with Crippen LogP contribution in [0.3, 0.4) is 0 Å². The molecule has 138 valence electrons. The molecule has 1 aromatic rings. The Morgan fingerprint density at radius 2 is 2.04 bits per heavy atom. The van der Waals surface area contributed by atoms with Crippen LogP contribution in [-0.2, 0) is 16.1 Å². The highest BCUT2D eigenvalue weighted by atomic mass is 16.5. The number of nitrogens with zero attached hydrogens (tertiary/aromatic N) is 2. The van der Waals surface area contributed by atoms with Gasteiger partial charge in [-0.1, -0.05) is 29.8 Å². The summed E-state index contributed by atoms with van der Waals surface area (Å²) in [5, 5.41) is 3.06. The molecule has 5 heteroatoms. The summed E-state index contributed by atoms with van der Waals surface area (Å²) in [6.07, 6.45) is 3.57. The van der Waals surface area contributed by atoms with Gasteiger partial charge in [0.1, 0.15) is 0 Å². The Labute approximate surface area is 151 Å². The zero-order chi connectivity index (χ0) is 17.5. The molecule has 5 nitrogen and oxygen atoms in total. The van der Waals surface area contributed by atoms with Gasteiger partial charge in [-0.2, -0.15) is 0 Å². The molecule has 2 aliphatic heterocycles. The minimum Gasteiger partial charge on any atom is -0.379 e. The fraction of sp³-hybridized carbons (Fsp3) is 0.650. The minimum atomic E-state index is 0.131. The molecule has 0 unspecified atom stereocenters. The predicted octanol–water partition coefficient (Wildman–Crippen LogP) is 1.80. The standard InChI is InChI=1S/C20H31N3O2/c1-17-4-2-5-18(14-17)15-21-20(24)16-22-8-3-6-19(7-9-22)23-10-12-25-13-11-23/h2,4-5,14,19H,3,6-13,15-16H2,1H3,(H,21,24)/t19-/m1/s1. The van der Waals surface area contributed by atoms with Crippen LogP contribution in [-0.4, -0.2) is 67.7 Å². The highest BCUT2D eigenvalue weighted by Crippen LogP contribution is 2.18. The molecule has 0 bridgehead atoms. The molecule has 1 atom stereocenters. The first-order valence-electron chi connectivity index (χ1n) is 9.57. The number of carbonyl (C=O) groups excluding carboxylic acids is 1. The highest BCUT2D eigenvalue weighted by molar-refractivity contribution is 5.78. The van der Waals surface area contributed by atoms with Crippen LogP contribution >= 0.6 is 0 Å². The number of hydrogen-bond acceptors (Lipinski definition) is 4. The van der Waals surface area contributed by atoms with E-state index in [-0.39, 0.29) is 5.91 Å². The zero-order valence-corrected chi connectivity index (χ0v) is 15.4. The Morgan fingerprint density at radius 1 is 1.20 bits per heavy atom. The van der Waals surface area contributed by atoms with Gasteiger partial charge in [0.25, 0.3) is 0 Å². The molecule has 25 heavy (non-hydrogen) atoms. The Kier molecular flexibility index (Phi) is 6.84. The van der Waals surface area contributed by atoms with Crippen LogP contribution < -0.4 is 5.32 Å². The Balaban J connectivity index is 1.41. The Morgan fingerprint density at radius 3 is 2.84 bits per heavy atom. The van der Waals surface area contributed by atoms with Crippen molar-refractivity contribution in [2.24, 2.45) is 0 Å². The normalized spacial score (nSPS) is 23.2. The van der Waals surface area contributed by atoms with E-state index in [0.29, 0.717) is 19.1 Å². The van der Waals surface area contributed by atoms with E-state index >= 15 is 0 Å². The summed E-state index contributed by atoms with van der Waals surface area (Å²) in [6.45, 7) is 9.09. The van der Waals surface area contributed by atoms with E-state index in [0.717, 1.165) is 51.4 Å². The van der Waals surface area contributed by atoms with Gasteiger partial charge < -0.3 is 10.1 Å². The van der Waals surface area contributed by atoms with Gasteiger partial charge in [-0.25, -0.2) is 0 Å². The lowest BCUT2D eigenvalue weighted by Gasteiger charge is -2.34. The fourth-order valence-electron chi connectivity index (χ4n) is 3.89. The molecule has 1 N–H and O–H groups in total. The summed E-state index contributed by atoms with van der Waals surface area (Å²) < 4.78 is 5.46. The van der Waals surface area contributed by atoms with Crippen molar-refractivity contribution in [3.8, 4) is 0 Å². The van der Waals surface area contributed by atoms with Crippen molar-refractivity contribution in [2.75, 3.05) is 45.9 Å². The van der Waals surface area contributed by atoms with E-state index in [9.17, 15) is 4.79 Å². The number of nitrogens with one attached hydrogen (secondary N) is 1. The van der Waals surface area contributed by atoms with Crippen molar-refractivity contribution in [3.63, 3.8) is 0 Å². The van der Waals surface area contributed by atoms with Crippen LogP contribution in [0, 0.1) is 6.92 Å². The highest BCUT2D eigenvalue weighted by Gasteiger charge is 2.24. The van der Waals surface area contributed by atoms with Gasteiger partial charge in [-0.05, 0) is 38.3 Å². The monoisotopic (exact) mass is 345 g/mol. The third-order valence-corrected chi connectivity index (χ3v) is 5.29. The molecule has 0 aliphatic carbocycles. The number of morpholine rings is 1. The second kappa shape index (κ2) is 9.32. The molecule has 2 fully saturated rings. The summed E-state index contributed by atoms with van der Waals surface area (Å²) >= 11 is 0. The third kappa shape index (κ3) is 5.80. The summed E-state index contributed by atoms with van der Waals surface area (Å²) in [6, 6.07) is 8.96. The molecule has 1 amide bonds. The van der Waals surface area contributed by atoms with E-state index in [1.165, 1.54) is 18.4 Å². The summed E-state index contributed by atoms with van der Waals surface area (Å²) in [5.41, 5.74) is 2.39. The molecule has 0 saturated carbocycles. The van der Waals surface area contributed by atoms with Gasteiger partial charge in [0.15, 0.2) is 0 Å². The molecule has 0 spiro atoms. The number of amides is 1. The number of rotatable bonds is 5. The SMILES string of the molecule is Cc1cccc(CNC(=O)CN2CCC[C@@H](N3CCOCC3)CC2)c1. The van der Waals surface area contributed by atoms with Crippen LogP contribution in [0.15, 0.2) is 24.3 Å². The van der Waals surface area contributed by atoms with Crippen LogP contribution in [0.5, 0.6) is 0 Å². The van der Waals surface area contributed by atoms with Crippen LogP contribution in [0.4, 0.5) is 0 Å². The molecule has 1 aromatic carbocycles. The van der Waals surface area contributed by atoms with E-state index in [1.54, 1.807) is 0 Å². The summed E-state index contributed by atoms with van der Waals surface area (Å²) in [7, 11) is 0. The molecule has 2 aliphatic rings. The Bertz CT molecular complexity index is 558. The average molecular weight is 345 g/mol. The Hall–Kier alpha value is -1.43. The van der Waals surface area contributed by atoms with Crippen molar-refractivity contribution >= 4 is 5.91 Å². The number of carbonyl (C=O) groups is 1. The van der Waals surface area contributed by atoms with Gasteiger partial charge in [0.05, 0.1) is 19.8 Å². The number of likely N-dealkylation sites (tertiary alicyclic amines) is 1. The predicted molar refractivity (Wildman–Crippen MR) is 99.5 cm³/mol. The lowest BCUT2D eigenvalue weighted by Crippen LogP contribution is -2.44. The lowest BCUT2D eigenvalue weighted by molar-refractivity contribution is -0.122. The van der Waals surface area contributed by atoms with Crippen LogP contribution in [0.1, 0.15) is 30.4 Å². The quantitative estimate of drug-likeness (QED) is 0.884. The molecule has 2 saturated heterocycles. The average Bonchev–Trinajstić information content (AvgIpc) is 2.86. The molecule has 0 radical (unpaired) electrons. The largest absolute Gasteiger partial charge is 0.379 e. The number of aryl methyl sites for hydroxylation is 1. The molecule has 0 aromatic heterocycles. The van der Waals surface area contributed by atoms with Crippen molar-refractivity contribution in [1.29, 1.82) is 0 Å². The van der Waals surface area contributed by atoms with E-state index in [4.69, 9.17) is 4.74 Å². The molecular weight excluding hydrogens is 314 g/mol. The third-order valence-electron chi connectivity index (χ3n) is 5.29. The van der Waals surface area contributed by atoms with Crippen molar-refractivity contribution in [2.45, 2.75) is 38.8 Å². The van der Waals surface area contributed by atoms with Crippen LogP contribution in [0.25, 0.3) is 0 Å². The van der Waals surface area contributed by atoms with E-state index < -0.39 is 0 Å². The van der Waals surface area contributed by atoms with Crippen molar-refractivity contribution in [1.82, 2.24) is 15.1 Å². The topological polar surface area (TPSA) is 44.8 Å². The van der Waals surface area contributed by atoms with Gasteiger partial charge >= 0.3 is 0 Å². The minimum absolute atomic E-state index is 0.131. The van der Waals surface area contributed by atoms with E-state index in [1.807, 2.05) is 6.07 Å². The number of benzene rings is 1. The first kappa shape index (κ1) is 18.4.